The van der Waals surface area contributed by atoms with Gasteiger partial charge in [0, 0.05) is 6.54 Å². The first-order chi connectivity index (χ1) is 9.00. The van der Waals surface area contributed by atoms with Crippen molar-refractivity contribution < 1.29 is 24.5 Å². The second-order valence-electron chi connectivity index (χ2n) is 4.14. The average molecular weight is 267 g/mol. The van der Waals surface area contributed by atoms with Gasteiger partial charge in [-0.2, -0.15) is 0 Å². The van der Waals surface area contributed by atoms with Crippen molar-refractivity contribution in [2.24, 2.45) is 5.92 Å². The second kappa shape index (κ2) is 7.38. The highest BCUT2D eigenvalue weighted by Gasteiger charge is 2.21. The maximum Gasteiger partial charge on any atom is 0.407 e. The van der Waals surface area contributed by atoms with Gasteiger partial charge >= 0.3 is 12.1 Å². The number of carboxylic acid groups (broad SMARTS) is 1. The number of hydrogen-bond acceptors (Lipinski definition) is 4. The monoisotopic (exact) mass is 267 g/mol. The van der Waals surface area contributed by atoms with Crippen LogP contribution in [-0.2, 0) is 16.1 Å². The van der Waals surface area contributed by atoms with E-state index in [-0.39, 0.29) is 13.2 Å². The summed E-state index contributed by atoms with van der Waals surface area (Å²) >= 11 is 0. The summed E-state index contributed by atoms with van der Waals surface area (Å²) in [6.07, 6.45) is -1.85. The molecular formula is C13H17NO5. The van der Waals surface area contributed by atoms with E-state index in [0.29, 0.717) is 0 Å². The van der Waals surface area contributed by atoms with Gasteiger partial charge in [-0.15, -0.1) is 0 Å². The van der Waals surface area contributed by atoms with Gasteiger partial charge in [0.05, 0.1) is 12.0 Å². The lowest BCUT2D eigenvalue weighted by molar-refractivity contribution is -0.144. The van der Waals surface area contributed by atoms with E-state index < -0.39 is 24.1 Å². The molecule has 104 valence electrons. The summed E-state index contributed by atoms with van der Waals surface area (Å²) in [7, 11) is 0. The third-order valence-corrected chi connectivity index (χ3v) is 2.63. The van der Waals surface area contributed by atoms with Crippen LogP contribution in [0.5, 0.6) is 0 Å². The molecule has 0 radical (unpaired) electrons. The molecule has 6 heteroatoms. The van der Waals surface area contributed by atoms with Crippen LogP contribution in [0.15, 0.2) is 30.3 Å². The molecule has 0 aromatic heterocycles. The Hall–Kier alpha value is -2.08. The summed E-state index contributed by atoms with van der Waals surface area (Å²) in [6.45, 7) is 1.32. The van der Waals surface area contributed by atoms with Crippen molar-refractivity contribution in [2.45, 2.75) is 19.6 Å². The van der Waals surface area contributed by atoms with E-state index in [1.165, 1.54) is 6.92 Å². The van der Waals surface area contributed by atoms with Gasteiger partial charge < -0.3 is 20.3 Å². The Morgan fingerprint density at radius 1 is 1.32 bits per heavy atom. The lowest BCUT2D eigenvalue weighted by Crippen LogP contribution is -2.38. The van der Waals surface area contributed by atoms with Crippen molar-refractivity contribution in [1.82, 2.24) is 5.32 Å². The standard InChI is InChI=1S/C13H17NO5/c1-9(12(16)17)11(15)7-14-13(18)19-8-10-5-3-2-4-6-10/h2-6,9,11,15H,7-8H2,1H3,(H,14,18)(H,16,17). The van der Waals surface area contributed by atoms with Gasteiger partial charge in [-0.1, -0.05) is 30.3 Å². The van der Waals surface area contributed by atoms with E-state index in [9.17, 15) is 14.7 Å². The largest absolute Gasteiger partial charge is 0.481 e. The summed E-state index contributed by atoms with van der Waals surface area (Å²) in [4.78, 5) is 21.9. The highest BCUT2D eigenvalue weighted by atomic mass is 16.5. The fourth-order valence-electron chi connectivity index (χ4n) is 1.30. The Labute approximate surface area is 111 Å². The molecule has 2 atom stereocenters. The van der Waals surface area contributed by atoms with E-state index in [1.807, 2.05) is 30.3 Å². The molecule has 0 spiro atoms. The molecule has 0 heterocycles. The number of carbonyl (C=O) groups is 2. The summed E-state index contributed by atoms with van der Waals surface area (Å²) in [5.74, 6) is -2.07. The van der Waals surface area contributed by atoms with Crippen molar-refractivity contribution in [3.8, 4) is 0 Å². The van der Waals surface area contributed by atoms with Crippen LogP contribution in [-0.4, -0.2) is 34.9 Å². The topological polar surface area (TPSA) is 95.9 Å². The number of benzene rings is 1. The molecule has 0 aliphatic heterocycles. The number of hydrogen-bond donors (Lipinski definition) is 3. The lowest BCUT2D eigenvalue weighted by Gasteiger charge is -2.15. The average Bonchev–Trinajstić information content (AvgIpc) is 2.42. The highest BCUT2D eigenvalue weighted by Crippen LogP contribution is 2.03. The number of nitrogens with one attached hydrogen (secondary N) is 1. The predicted octanol–water partition coefficient (Wildman–Crippen LogP) is 0.994. The molecule has 1 aromatic carbocycles. The molecule has 1 aromatic rings. The summed E-state index contributed by atoms with van der Waals surface area (Å²) < 4.78 is 4.91. The van der Waals surface area contributed by atoms with Crippen LogP contribution >= 0.6 is 0 Å². The third-order valence-electron chi connectivity index (χ3n) is 2.63. The van der Waals surface area contributed by atoms with Crippen LogP contribution in [0.2, 0.25) is 0 Å². The maximum absolute atomic E-state index is 11.3. The van der Waals surface area contributed by atoms with E-state index in [2.05, 4.69) is 5.32 Å². The molecule has 1 rings (SSSR count). The Balaban J connectivity index is 2.27. The molecular weight excluding hydrogens is 250 g/mol. The molecule has 0 aliphatic rings. The number of ether oxygens (including phenoxy) is 1. The number of aliphatic hydroxyl groups excluding tert-OH is 1. The van der Waals surface area contributed by atoms with Gasteiger partial charge in [-0.05, 0) is 12.5 Å². The minimum atomic E-state index is -1.15. The van der Waals surface area contributed by atoms with Crippen LogP contribution in [0, 0.1) is 5.92 Å². The molecule has 0 bridgehead atoms. The van der Waals surface area contributed by atoms with Crippen LogP contribution < -0.4 is 5.32 Å². The molecule has 2 unspecified atom stereocenters. The van der Waals surface area contributed by atoms with Crippen LogP contribution in [0.25, 0.3) is 0 Å². The Morgan fingerprint density at radius 3 is 2.53 bits per heavy atom. The summed E-state index contributed by atoms with van der Waals surface area (Å²) in [5.41, 5.74) is 0.845. The maximum atomic E-state index is 11.3. The lowest BCUT2D eigenvalue weighted by atomic mass is 10.1. The van der Waals surface area contributed by atoms with Gasteiger partial charge in [-0.3, -0.25) is 4.79 Å². The zero-order chi connectivity index (χ0) is 14.3. The smallest absolute Gasteiger partial charge is 0.407 e. The molecule has 19 heavy (non-hydrogen) atoms. The molecule has 6 nitrogen and oxygen atoms in total. The quantitative estimate of drug-likeness (QED) is 0.714. The summed E-state index contributed by atoms with van der Waals surface area (Å²) in [5, 5.41) is 20.5. The fraction of sp³-hybridized carbons (Fsp3) is 0.385. The number of amides is 1. The number of aliphatic hydroxyl groups is 1. The normalized spacial score (nSPS) is 13.4. The van der Waals surface area contributed by atoms with Gasteiger partial charge in [0.15, 0.2) is 0 Å². The van der Waals surface area contributed by atoms with Gasteiger partial charge in [0.1, 0.15) is 6.61 Å². The zero-order valence-corrected chi connectivity index (χ0v) is 10.6. The first kappa shape index (κ1) is 15.0. The molecule has 0 aliphatic carbocycles. The minimum absolute atomic E-state index is 0.122. The highest BCUT2D eigenvalue weighted by molar-refractivity contribution is 5.70. The molecule has 3 N–H and O–H groups in total. The first-order valence-electron chi connectivity index (χ1n) is 5.86. The first-order valence-corrected chi connectivity index (χ1v) is 5.86. The number of carbonyl (C=O) groups excluding carboxylic acids is 1. The van der Waals surface area contributed by atoms with Crippen LogP contribution in [0.1, 0.15) is 12.5 Å². The number of aliphatic carboxylic acids is 1. The molecule has 0 saturated heterocycles. The van der Waals surface area contributed by atoms with Gasteiger partial charge in [-0.25, -0.2) is 4.79 Å². The van der Waals surface area contributed by atoms with Crippen molar-refractivity contribution in [3.63, 3.8) is 0 Å². The van der Waals surface area contributed by atoms with Crippen molar-refractivity contribution >= 4 is 12.1 Å². The number of alkyl carbamates (subject to hydrolysis) is 1. The second-order valence-corrected chi connectivity index (χ2v) is 4.14. The fourth-order valence-corrected chi connectivity index (χ4v) is 1.30. The Bertz CT molecular complexity index is 420. The van der Waals surface area contributed by atoms with Gasteiger partial charge in [0.2, 0.25) is 0 Å². The van der Waals surface area contributed by atoms with Crippen molar-refractivity contribution in [3.05, 3.63) is 35.9 Å². The van der Waals surface area contributed by atoms with E-state index in [4.69, 9.17) is 9.84 Å². The van der Waals surface area contributed by atoms with Crippen LogP contribution in [0.3, 0.4) is 0 Å². The van der Waals surface area contributed by atoms with Gasteiger partial charge in [0.25, 0.3) is 0 Å². The van der Waals surface area contributed by atoms with Crippen molar-refractivity contribution in [1.29, 1.82) is 0 Å². The van der Waals surface area contributed by atoms with E-state index in [1.54, 1.807) is 0 Å². The third kappa shape index (κ3) is 5.39. The minimum Gasteiger partial charge on any atom is -0.481 e. The predicted molar refractivity (Wildman–Crippen MR) is 67.4 cm³/mol. The summed E-state index contributed by atoms with van der Waals surface area (Å²) in [6, 6.07) is 9.14. The number of rotatable bonds is 6. The number of carboxylic acids is 1. The molecule has 0 fully saturated rings. The SMILES string of the molecule is CC(C(=O)O)C(O)CNC(=O)OCc1ccccc1. The van der Waals surface area contributed by atoms with Crippen LogP contribution in [0.4, 0.5) is 4.79 Å². The van der Waals surface area contributed by atoms with E-state index in [0.717, 1.165) is 5.56 Å². The molecule has 1 amide bonds. The Morgan fingerprint density at radius 2 is 1.95 bits per heavy atom. The Kier molecular flexibility index (Phi) is 5.81. The van der Waals surface area contributed by atoms with E-state index >= 15 is 0 Å². The molecule has 0 saturated carbocycles. The van der Waals surface area contributed by atoms with Crippen molar-refractivity contribution in [2.75, 3.05) is 6.54 Å². The zero-order valence-electron chi connectivity index (χ0n) is 10.6.